The number of nitrogens with zero attached hydrogens (tertiary/aromatic N) is 1. The Bertz CT molecular complexity index is 1030. The molecule has 36 heavy (non-hydrogen) atoms. The molecule has 1 aromatic rings. The van der Waals surface area contributed by atoms with E-state index in [0.29, 0.717) is 17.8 Å². The van der Waals surface area contributed by atoms with E-state index < -0.39 is 11.6 Å². The van der Waals surface area contributed by atoms with Crippen molar-refractivity contribution in [3.05, 3.63) is 34.4 Å². The van der Waals surface area contributed by atoms with Crippen LogP contribution in [-0.2, 0) is 4.79 Å². The molecule has 1 unspecified atom stereocenters. The van der Waals surface area contributed by atoms with Gasteiger partial charge in [0.05, 0.1) is 17.9 Å². The van der Waals surface area contributed by atoms with E-state index in [2.05, 4.69) is 13.8 Å². The summed E-state index contributed by atoms with van der Waals surface area (Å²) in [4.78, 5) is 26.5. The quantitative estimate of drug-likeness (QED) is 0.628. The molecule has 0 radical (unpaired) electrons. The number of aliphatic hydroxyl groups is 1. The van der Waals surface area contributed by atoms with Crippen LogP contribution >= 0.6 is 0 Å². The van der Waals surface area contributed by atoms with E-state index in [9.17, 15) is 14.7 Å². The highest BCUT2D eigenvalue weighted by Gasteiger charge is 2.67. The van der Waals surface area contributed by atoms with Crippen LogP contribution in [0.2, 0.25) is 0 Å². The standard InChI is InChI=1S/C30H46N2O4/c1-18(2)26(31)27(34)32(5)21-10-13-28(3)20(16-21)7-8-24-23(28)11-14-29(4)22(12-15-30(24,29)35)19-6-9-25(33)36-17-19/h6,9,17-18,20-24,26,35H,7-8,10-16,31H2,1-5H3/t20-,21?,22-,23+,24-,26-,28+,29-,30+/m1/s1. The van der Waals surface area contributed by atoms with Gasteiger partial charge in [-0.3, -0.25) is 4.79 Å². The zero-order chi connectivity index (χ0) is 26.0. The first kappa shape index (κ1) is 26.0. The molecule has 4 saturated carbocycles. The van der Waals surface area contributed by atoms with Crippen LogP contribution in [0.5, 0.6) is 0 Å². The second-order valence-electron chi connectivity index (χ2n) is 13.5. The van der Waals surface area contributed by atoms with Crippen molar-refractivity contribution in [1.29, 1.82) is 0 Å². The molecular weight excluding hydrogens is 452 g/mol. The van der Waals surface area contributed by atoms with Crippen molar-refractivity contribution in [2.24, 2.45) is 40.2 Å². The summed E-state index contributed by atoms with van der Waals surface area (Å²) in [5.74, 6) is 1.84. The second-order valence-corrected chi connectivity index (χ2v) is 13.5. The van der Waals surface area contributed by atoms with E-state index in [1.54, 1.807) is 6.26 Å². The highest BCUT2D eigenvalue weighted by Crippen LogP contribution is 2.70. The van der Waals surface area contributed by atoms with E-state index in [0.717, 1.165) is 63.4 Å². The molecule has 4 aliphatic rings. The van der Waals surface area contributed by atoms with Gasteiger partial charge in [0.2, 0.25) is 5.91 Å². The van der Waals surface area contributed by atoms with Crippen LogP contribution in [0, 0.1) is 34.5 Å². The molecular formula is C30H46N2O4. The zero-order valence-corrected chi connectivity index (χ0v) is 22.8. The summed E-state index contributed by atoms with van der Waals surface area (Å²) < 4.78 is 5.22. The molecule has 1 heterocycles. The molecule has 0 aliphatic heterocycles. The number of fused-ring (bicyclic) bond motifs is 5. The first-order chi connectivity index (χ1) is 16.9. The number of likely N-dealkylation sites (N-methyl/N-ethyl adjacent to an activating group) is 1. The van der Waals surface area contributed by atoms with Crippen LogP contribution in [0.15, 0.2) is 27.6 Å². The third kappa shape index (κ3) is 3.73. The average Bonchev–Trinajstić information content (AvgIpc) is 3.13. The lowest BCUT2D eigenvalue weighted by molar-refractivity contribution is -0.203. The molecule has 9 atom stereocenters. The first-order valence-electron chi connectivity index (χ1n) is 14.3. The molecule has 4 aliphatic carbocycles. The van der Waals surface area contributed by atoms with Crippen molar-refractivity contribution >= 4 is 5.91 Å². The fourth-order valence-electron chi connectivity index (χ4n) is 9.36. The maximum atomic E-state index is 13.0. The number of nitrogens with two attached hydrogens (primary N) is 1. The summed E-state index contributed by atoms with van der Waals surface area (Å²) in [5, 5.41) is 12.4. The summed E-state index contributed by atoms with van der Waals surface area (Å²) in [6.07, 6.45) is 10.9. The lowest BCUT2D eigenvalue weighted by Gasteiger charge is -2.64. The largest absolute Gasteiger partial charge is 0.431 e. The third-order valence-corrected chi connectivity index (χ3v) is 11.8. The van der Waals surface area contributed by atoms with Gasteiger partial charge in [-0.25, -0.2) is 4.79 Å². The van der Waals surface area contributed by atoms with Gasteiger partial charge in [0.15, 0.2) is 0 Å². The highest BCUT2D eigenvalue weighted by molar-refractivity contribution is 5.82. The molecule has 1 aromatic heterocycles. The second kappa shape index (κ2) is 8.97. The van der Waals surface area contributed by atoms with Crippen molar-refractivity contribution in [2.45, 2.75) is 109 Å². The predicted octanol–water partition coefficient (Wildman–Crippen LogP) is 4.69. The SMILES string of the molecule is CC(C)[C@@H](N)C(=O)N(C)C1CC[C@@]2(C)[C@H](CC[C@@H]3[C@@H]2CC[C@]2(C)[C@@H](c4ccc(=O)oc4)CC[C@]32O)C1. The van der Waals surface area contributed by atoms with Crippen molar-refractivity contribution in [2.75, 3.05) is 7.05 Å². The monoisotopic (exact) mass is 498 g/mol. The van der Waals surface area contributed by atoms with Crippen LogP contribution in [0.1, 0.15) is 97.0 Å². The summed E-state index contributed by atoms with van der Waals surface area (Å²) in [7, 11) is 1.95. The third-order valence-electron chi connectivity index (χ3n) is 11.8. The van der Waals surface area contributed by atoms with E-state index in [1.807, 2.05) is 31.9 Å². The normalized spacial score (nSPS) is 42.8. The maximum Gasteiger partial charge on any atom is 0.335 e. The molecule has 5 rings (SSSR count). The number of rotatable bonds is 4. The number of hydrogen-bond acceptors (Lipinski definition) is 5. The van der Waals surface area contributed by atoms with Gasteiger partial charge >= 0.3 is 5.63 Å². The van der Waals surface area contributed by atoms with Crippen molar-refractivity contribution in [1.82, 2.24) is 4.90 Å². The Morgan fingerprint density at radius 1 is 1.08 bits per heavy atom. The van der Waals surface area contributed by atoms with Gasteiger partial charge in [0.1, 0.15) is 0 Å². The summed E-state index contributed by atoms with van der Waals surface area (Å²) >= 11 is 0. The van der Waals surface area contributed by atoms with Gasteiger partial charge in [0.25, 0.3) is 0 Å². The van der Waals surface area contributed by atoms with Crippen molar-refractivity contribution in [3.8, 4) is 0 Å². The lowest BCUT2D eigenvalue weighted by atomic mass is 9.43. The summed E-state index contributed by atoms with van der Waals surface area (Å²) in [5.41, 5.74) is 6.27. The Labute approximate surface area is 216 Å². The number of carbonyl (C=O) groups is 1. The minimum absolute atomic E-state index is 0.0729. The van der Waals surface area contributed by atoms with E-state index >= 15 is 0 Å². The molecule has 4 fully saturated rings. The Kier molecular flexibility index (Phi) is 6.47. The average molecular weight is 499 g/mol. The first-order valence-corrected chi connectivity index (χ1v) is 14.3. The Morgan fingerprint density at radius 2 is 1.83 bits per heavy atom. The Balaban J connectivity index is 1.35. The molecule has 0 spiro atoms. The van der Waals surface area contributed by atoms with Gasteiger partial charge in [-0.05, 0) is 104 Å². The van der Waals surface area contributed by atoms with Crippen LogP contribution in [0.25, 0.3) is 0 Å². The minimum Gasteiger partial charge on any atom is -0.431 e. The summed E-state index contributed by atoms with van der Waals surface area (Å²) in [6, 6.07) is 3.25. The number of carbonyl (C=O) groups excluding carboxylic acids is 1. The van der Waals surface area contributed by atoms with Gasteiger partial charge in [0, 0.05) is 24.6 Å². The van der Waals surface area contributed by atoms with Crippen molar-refractivity contribution < 1.29 is 14.3 Å². The number of hydrogen-bond donors (Lipinski definition) is 2. The molecule has 0 saturated heterocycles. The molecule has 200 valence electrons. The fraction of sp³-hybridized carbons (Fsp3) is 0.800. The Hall–Kier alpha value is -1.66. The topological polar surface area (TPSA) is 96.8 Å². The van der Waals surface area contributed by atoms with Gasteiger partial charge in [-0.1, -0.05) is 27.7 Å². The van der Waals surface area contributed by atoms with Crippen LogP contribution in [-0.4, -0.2) is 40.6 Å². The van der Waals surface area contributed by atoms with Gasteiger partial charge < -0.3 is 20.2 Å². The zero-order valence-electron chi connectivity index (χ0n) is 22.8. The van der Waals surface area contributed by atoms with Gasteiger partial charge in [-0.15, -0.1) is 0 Å². The van der Waals surface area contributed by atoms with Gasteiger partial charge in [-0.2, -0.15) is 0 Å². The van der Waals surface area contributed by atoms with Crippen LogP contribution in [0.4, 0.5) is 0 Å². The molecule has 0 bridgehead atoms. The van der Waals surface area contributed by atoms with E-state index in [-0.39, 0.29) is 40.2 Å². The molecule has 6 heteroatoms. The fourth-order valence-corrected chi connectivity index (χ4v) is 9.36. The maximum absolute atomic E-state index is 13.0. The minimum atomic E-state index is -0.682. The van der Waals surface area contributed by atoms with Crippen LogP contribution < -0.4 is 11.4 Å². The lowest BCUT2D eigenvalue weighted by Crippen LogP contribution is -2.62. The highest BCUT2D eigenvalue weighted by atomic mass is 16.4. The van der Waals surface area contributed by atoms with E-state index in [4.69, 9.17) is 10.2 Å². The van der Waals surface area contributed by atoms with Crippen molar-refractivity contribution in [3.63, 3.8) is 0 Å². The van der Waals surface area contributed by atoms with Crippen LogP contribution in [0.3, 0.4) is 0 Å². The number of amides is 1. The Morgan fingerprint density at radius 3 is 2.50 bits per heavy atom. The summed E-state index contributed by atoms with van der Waals surface area (Å²) in [6.45, 7) is 8.79. The molecule has 0 aromatic carbocycles. The predicted molar refractivity (Wildman–Crippen MR) is 140 cm³/mol. The smallest absolute Gasteiger partial charge is 0.335 e. The molecule has 6 nitrogen and oxygen atoms in total. The van der Waals surface area contributed by atoms with E-state index in [1.165, 1.54) is 6.07 Å². The molecule has 3 N–H and O–H groups in total. The molecule has 1 amide bonds.